The molecule has 0 saturated carbocycles. The number of nitrogens with zero attached hydrogens (tertiary/aromatic N) is 1. The number of hydrogen-bond acceptors (Lipinski definition) is 5. The second-order valence-corrected chi connectivity index (χ2v) is 5.98. The second-order valence-electron chi connectivity index (χ2n) is 5.57. The van der Waals surface area contributed by atoms with E-state index >= 15 is 0 Å². The molecule has 2 N–H and O–H groups in total. The number of rotatable bonds is 6. The van der Waals surface area contributed by atoms with Crippen LogP contribution in [0.2, 0.25) is 5.02 Å². The van der Waals surface area contributed by atoms with E-state index in [1.54, 1.807) is 0 Å². The maximum atomic E-state index is 12.1. The standard InChI is InChI=1S/C15H17ClN2O6/c16-12-7-11(18(22)23)4-3-9(12)6-13(19)17-14(15(20)21)10-2-1-5-24-8-10/h3-4,7,10,14H,1-2,5-6,8H2,(H,17,19)(H,20,21). The molecule has 1 aromatic rings. The predicted octanol–water partition coefficient (Wildman–Crippen LogP) is 1.79. The third-order valence-electron chi connectivity index (χ3n) is 3.85. The number of carboxylic acid groups (broad SMARTS) is 1. The molecule has 0 bridgehead atoms. The number of benzene rings is 1. The summed E-state index contributed by atoms with van der Waals surface area (Å²) in [6.07, 6.45) is 1.25. The second kappa shape index (κ2) is 8.07. The van der Waals surface area contributed by atoms with E-state index in [1.165, 1.54) is 12.1 Å². The number of halogens is 1. The Bertz CT molecular complexity index is 645. The first kappa shape index (κ1) is 18.2. The van der Waals surface area contributed by atoms with Crippen LogP contribution in [0.15, 0.2) is 18.2 Å². The van der Waals surface area contributed by atoms with Gasteiger partial charge in [0.2, 0.25) is 5.91 Å². The fourth-order valence-corrected chi connectivity index (χ4v) is 2.84. The van der Waals surface area contributed by atoms with Crippen molar-refractivity contribution in [2.24, 2.45) is 5.92 Å². The van der Waals surface area contributed by atoms with Gasteiger partial charge in [0.15, 0.2) is 0 Å². The van der Waals surface area contributed by atoms with Crippen LogP contribution in [0.4, 0.5) is 5.69 Å². The van der Waals surface area contributed by atoms with Gasteiger partial charge in [-0.05, 0) is 18.4 Å². The highest BCUT2D eigenvalue weighted by Crippen LogP contribution is 2.23. The van der Waals surface area contributed by atoms with Crippen molar-refractivity contribution in [2.45, 2.75) is 25.3 Å². The van der Waals surface area contributed by atoms with Gasteiger partial charge in [0.25, 0.3) is 5.69 Å². The first-order valence-corrected chi connectivity index (χ1v) is 7.79. The van der Waals surface area contributed by atoms with Crippen LogP contribution in [-0.2, 0) is 20.7 Å². The summed E-state index contributed by atoms with van der Waals surface area (Å²) in [4.78, 5) is 33.6. The average Bonchev–Trinajstić information content (AvgIpc) is 2.55. The van der Waals surface area contributed by atoms with Crippen molar-refractivity contribution in [1.29, 1.82) is 0 Å². The van der Waals surface area contributed by atoms with Crippen molar-refractivity contribution < 1.29 is 24.4 Å². The molecule has 1 heterocycles. The van der Waals surface area contributed by atoms with Crippen molar-refractivity contribution in [3.05, 3.63) is 38.9 Å². The molecular weight excluding hydrogens is 340 g/mol. The average molecular weight is 357 g/mol. The van der Waals surface area contributed by atoms with E-state index in [-0.39, 0.29) is 29.7 Å². The van der Waals surface area contributed by atoms with Gasteiger partial charge in [-0.2, -0.15) is 0 Å². The monoisotopic (exact) mass is 356 g/mol. The van der Waals surface area contributed by atoms with Crippen LogP contribution in [0, 0.1) is 16.0 Å². The van der Waals surface area contributed by atoms with Gasteiger partial charge in [0.1, 0.15) is 6.04 Å². The molecule has 1 saturated heterocycles. The van der Waals surface area contributed by atoms with Crippen molar-refractivity contribution in [3.8, 4) is 0 Å². The van der Waals surface area contributed by atoms with Crippen LogP contribution in [0.5, 0.6) is 0 Å². The fraction of sp³-hybridized carbons (Fsp3) is 0.467. The molecule has 1 fully saturated rings. The lowest BCUT2D eigenvalue weighted by Crippen LogP contribution is -2.48. The molecule has 1 aliphatic rings. The number of hydrogen-bond donors (Lipinski definition) is 2. The van der Waals surface area contributed by atoms with Crippen molar-refractivity contribution in [2.75, 3.05) is 13.2 Å². The number of nitrogens with one attached hydrogen (secondary N) is 1. The van der Waals surface area contributed by atoms with Gasteiger partial charge in [-0.25, -0.2) is 4.79 Å². The van der Waals surface area contributed by atoms with E-state index in [0.717, 1.165) is 12.5 Å². The SMILES string of the molecule is O=C(Cc1ccc([N+](=O)[O-])cc1Cl)NC(C(=O)O)C1CCCOC1. The Morgan fingerprint density at radius 1 is 1.50 bits per heavy atom. The largest absolute Gasteiger partial charge is 0.480 e. The summed E-state index contributed by atoms with van der Waals surface area (Å²) >= 11 is 5.94. The number of non-ortho nitro benzene ring substituents is 1. The van der Waals surface area contributed by atoms with E-state index in [0.29, 0.717) is 18.6 Å². The highest BCUT2D eigenvalue weighted by molar-refractivity contribution is 6.31. The molecule has 0 aromatic heterocycles. The Balaban J connectivity index is 2.03. The number of carbonyl (C=O) groups is 2. The topological polar surface area (TPSA) is 119 Å². The number of aliphatic carboxylic acids is 1. The van der Waals surface area contributed by atoms with Gasteiger partial charge in [-0.15, -0.1) is 0 Å². The minimum absolute atomic E-state index is 0.0900. The predicted molar refractivity (Wildman–Crippen MR) is 84.9 cm³/mol. The van der Waals surface area contributed by atoms with Crippen LogP contribution in [-0.4, -0.2) is 41.2 Å². The van der Waals surface area contributed by atoms with Crippen LogP contribution >= 0.6 is 11.6 Å². The normalized spacial score (nSPS) is 18.6. The van der Waals surface area contributed by atoms with Gasteiger partial charge >= 0.3 is 5.97 Å². The Hall–Kier alpha value is -2.19. The molecule has 1 amide bonds. The number of carboxylic acids is 1. The highest BCUT2D eigenvalue weighted by atomic mass is 35.5. The molecule has 2 unspecified atom stereocenters. The molecule has 0 radical (unpaired) electrons. The van der Waals surface area contributed by atoms with Gasteiger partial charge in [0.05, 0.1) is 23.0 Å². The molecule has 1 aromatic carbocycles. The van der Waals surface area contributed by atoms with E-state index in [9.17, 15) is 24.8 Å². The number of amides is 1. The van der Waals surface area contributed by atoms with Gasteiger partial charge in [-0.1, -0.05) is 17.7 Å². The number of carbonyl (C=O) groups excluding carboxylic acids is 1. The van der Waals surface area contributed by atoms with Crippen molar-refractivity contribution in [3.63, 3.8) is 0 Å². The third-order valence-corrected chi connectivity index (χ3v) is 4.20. The highest BCUT2D eigenvalue weighted by Gasteiger charge is 2.31. The lowest BCUT2D eigenvalue weighted by Gasteiger charge is -2.28. The Morgan fingerprint density at radius 2 is 2.25 bits per heavy atom. The minimum Gasteiger partial charge on any atom is -0.480 e. The minimum atomic E-state index is -1.12. The molecule has 24 heavy (non-hydrogen) atoms. The lowest BCUT2D eigenvalue weighted by atomic mass is 9.93. The van der Waals surface area contributed by atoms with Crippen molar-refractivity contribution in [1.82, 2.24) is 5.32 Å². The molecule has 130 valence electrons. The van der Waals surface area contributed by atoms with E-state index in [1.807, 2.05) is 0 Å². The smallest absolute Gasteiger partial charge is 0.326 e. The molecule has 2 atom stereocenters. The van der Waals surface area contributed by atoms with E-state index in [4.69, 9.17) is 16.3 Å². The fourth-order valence-electron chi connectivity index (χ4n) is 2.60. The molecule has 2 rings (SSSR count). The first-order valence-electron chi connectivity index (χ1n) is 7.41. The molecule has 8 nitrogen and oxygen atoms in total. The Morgan fingerprint density at radius 3 is 2.79 bits per heavy atom. The third kappa shape index (κ3) is 4.65. The summed E-state index contributed by atoms with van der Waals surface area (Å²) in [5.41, 5.74) is 0.218. The summed E-state index contributed by atoms with van der Waals surface area (Å²) in [5.74, 6) is -1.91. The lowest BCUT2D eigenvalue weighted by molar-refractivity contribution is -0.384. The zero-order chi connectivity index (χ0) is 17.7. The molecule has 0 spiro atoms. The molecule has 9 heteroatoms. The molecule has 0 aliphatic carbocycles. The van der Waals surface area contributed by atoms with Gasteiger partial charge < -0.3 is 15.2 Å². The zero-order valence-electron chi connectivity index (χ0n) is 12.7. The van der Waals surface area contributed by atoms with E-state index in [2.05, 4.69) is 5.32 Å². The summed E-state index contributed by atoms with van der Waals surface area (Å²) < 4.78 is 5.27. The van der Waals surface area contributed by atoms with Crippen LogP contribution < -0.4 is 5.32 Å². The number of nitro benzene ring substituents is 1. The van der Waals surface area contributed by atoms with Crippen LogP contribution in [0.1, 0.15) is 18.4 Å². The summed E-state index contributed by atoms with van der Waals surface area (Å²) in [5, 5.41) is 22.6. The molecule has 1 aliphatic heterocycles. The number of nitro groups is 1. The summed E-state index contributed by atoms with van der Waals surface area (Å²) in [6.45, 7) is 0.880. The van der Waals surface area contributed by atoms with E-state index < -0.39 is 22.8 Å². The Kier molecular flexibility index (Phi) is 6.10. The van der Waals surface area contributed by atoms with Crippen LogP contribution in [0.25, 0.3) is 0 Å². The number of ether oxygens (including phenoxy) is 1. The van der Waals surface area contributed by atoms with Gasteiger partial charge in [-0.3, -0.25) is 14.9 Å². The quantitative estimate of drug-likeness (QED) is 0.592. The molecular formula is C15H17ClN2O6. The zero-order valence-corrected chi connectivity index (χ0v) is 13.5. The van der Waals surface area contributed by atoms with Crippen LogP contribution in [0.3, 0.4) is 0 Å². The van der Waals surface area contributed by atoms with Gasteiger partial charge in [0, 0.05) is 24.7 Å². The summed E-state index contributed by atoms with van der Waals surface area (Å²) in [6, 6.07) is 2.76. The maximum Gasteiger partial charge on any atom is 0.326 e. The maximum absolute atomic E-state index is 12.1. The Labute approximate surface area is 142 Å². The van der Waals surface area contributed by atoms with Crippen molar-refractivity contribution >= 4 is 29.2 Å². The first-order chi connectivity index (χ1) is 11.4. The summed E-state index contributed by atoms with van der Waals surface area (Å²) in [7, 11) is 0.